The Kier molecular flexibility index (Phi) is 4.27. The molecule has 0 radical (unpaired) electrons. The highest BCUT2D eigenvalue weighted by Gasteiger charge is 2.49. The molecule has 0 spiro atoms. The Labute approximate surface area is 172 Å². The lowest BCUT2D eigenvalue weighted by molar-refractivity contribution is -0.121. The molecule has 146 valence electrons. The van der Waals surface area contributed by atoms with E-state index in [1.165, 1.54) is 22.4 Å². The maximum atomic E-state index is 12.9. The molecule has 0 aliphatic heterocycles. The number of ketones is 1. The Balaban J connectivity index is 1.58. The van der Waals surface area contributed by atoms with E-state index in [4.69, 9.17) is 5.10 Å². The number of carbonyl (C=O) groups excluding carboxylic acids is 1. The number of aryl methyl sites for hydroxylation is 1. The van der Waals surface area contributed by atoms with Gasteiger partial charge in [0.2, 0.25) is 0 Å². The van der Waals surface area contributed by atoms with Crippen molar-refractivity contribution >= 4 is 5.78 Å². The Morgan fingerprint density at radius 1 is 1.07 bits per heavy atom. The quantitative estimate of drug-likeness (QED) is 0.645. The molecule has 0 fully saturated rings. The summed E-state index contributed by atoms with van der Waals surface area (Å²) in [5, 5.41) is 5.00. The zero-order chi connectivity index (χ0) is 20.0. The van der Waals surface area contributed by atoms with Gasteiger partial charge in [0.25, 0.3) is 0 Å². The third-order valence-electron chi connectivity index (χ3n) is 6.92. The molecule has 0 bridgehead atoms. The van der Waals surface area contributed by atoms with Gasteiger partial charge < -0.3 is 0 Å². The molecule has 0 unspecified atom stereocenters. The SMILES string of the molecule is Cn1nc2c(c1-c1ccccc1)CC[C@H]1[C@H](Cc3ccccc3)C(=O)C=C[C@]21C. The summed E-state index contributed by atoms with van der Waals surface area (Å²) in [6, 6.07) is 20.9. The van der Waals surface area contributed by atoms with Gasteiger partial charge in [0, 0.05) is 29.5 Å². The summed E-state index contributed by atoms with van der Waals surface area (Å²) in [5.41, 5.74) is 5.95. The largest absolute Gasteiger partial charge is 0.295 e. The standard InChI is InChI=1S/C26H26N2O/c1-26-16-15-23(29)21(17-18-9-5-3-6-10-18)22(26)14-13-20-24(28(2)27-25(20)26)19-11-7-4-8-12-19/h3-12,15-16,21-22H,13-14,17H2,1-2H3/t21-,22-,26-/m0/s1. The Morgan fingerprint density at radius 2 is 1.76 bits per heavy atom. The number of hydrogen-bond acceptors (Lipinski definition) is 2. The number of fused-ring (bicyclic) bond motifs is 3. The van der Waals surface area contributed by atoms with E-state index in [0.29, 0.717) is 0 Å². The van der Waals surface area contributed by atoms with Crippen molar-refractivity contribution in [2.45, 2.75) is 31.6 Å². The van der Waals surface area contributed by atoms with Crippen molar-refractivity contribution in [1.29, 1.82) is 0 Å². The second-order valence-corrected chi connectivity index (χ2v) is 8.63. The molecule has 3 nitrogen and oxygen atoms in total. The van der Waals surface area contributed by atoms with Gasteiger partial charge in [0.1, 0.15) is 0 Å². The fourth-order valence-corrected chi connectivity index (χ4v) is 5.48. The lowest BCUT2D eigenvalue weighted by Crippen LogP contribution is -2.45. The van der Waals surface area contributed by atoms with Gasteiger partial charge in [0.05, 0.1) is 11.4 Å². The summed E-state index contributed by atoms with van der Waals surface area (Å²) in [6.45, 7) is 2.28. The Morgan fingerprint density at radius 3 is 2.48 bits per heavy atom. The molecule has 3 atom stereocenters. The molecule has 1 aromatic heterocycles. The van der Waals surface area contributed by atoms with Crippen LogP contribution in [0.15, 0.2) is 72.8 Å². The van der Waals surface area contributed by atoms with Crippen LogP contribution in [0.5, 0.6) is 0 Å². The number of nitrogens with zero attached hydrogens (tertiary/aromatic N) is 2. The highest BCUT2D eigenvalue weighted by Crippen LogP contribution is 2.50. The van der Waals surface area contributed by atoms with Crippen molar-refractivity contribution in [3.63, 3.8) is 0 Å². The van der Waals surface area contributed by atoms with Crippen LogP contribution in [-0.2, 0) is 30.1 Å². The summed E-state index contributed by atoms with van der Waals surface area (Å²) < 4.78 is 2.03. The predicted octanol–water partition coefficient (Wildman–Crippen LogP) is 4.91. The second kappa shape index (κ2) is 6.84. The van der Waals surface area contributed by atoms with Crippen LogP contribution in [0, 0.1) is 11.8 Å². The average molecular weight is 383 g/mol. The number of hydrogen-bond donors (Lipinski definition) is 0. The van der Waals surface area contributed by atoms with Crippen molar-refractivity contribution in [3.8, 4) is 11.3 Å². The van der Waals surface area contributed by atoms with Crippen LogP contribution < -0.4 is 0 Å². The smallest absolute Gasteiger partial charge is 0.159 e. The first kappa shape index (κ1) is 18.1. The molecule has 0 saturated carbocycles. The van der Waals surface area contributed by atoms with Crippen LogP contribution in [0.4, 0.5) is 0 Å². The van der Waals surface area contributed by atoms with Gasteiger partial charge in [-0.1, -0.05) is 73.7 Å². The molecular formula is C26H26N2O. The fraction of sp³-hybridized carbons (Fsp3) is 0.308. The second-order valence-electron chi connectivity index (χ2n) is 8.63. The summed E-state index contributed by atoms with van der Waals surface area (Å²) in [5.74, 6) is 0.563. The molecule has 2 aliphatic carbocycles. The first-order valence-corrected chi connectivity index (χ1v) is 10.5. The van der Waals surface area contributed by atoms with E-state index in [-0.39, 0.29) is 23.0 Å². The van der Waals surface area contributed by atoms with Crippen LogP contribution >= 0.6 is 0 Å². The van der Waals surface area contributed by atoms with E-state index in [0.717, 1.165) is 25.0 Å². The van der Waals surface area contributed by atoms with E-state index in [2.05, 4.69) is 61.5 Å². The maximum Gasteiger partial charge on any atom is 0.159 e. The topological polar surface area (TPSA) is 34.9 Å². The molecule has 0 saturated heterocycles. The minimum absolute atomic E-state index is 0.0164. The molecule has 5 rings (SSSR count). The van der Waals surface area contributed by atoms with Crippen LogP contribution in [0.2, 0.25) is 0 Å². The van der Waals surface area contributed by atoms with Gasteiger partial charge >= 0.3 is 0 Å². The molecule has 0 amide bonds. The molecule has 29 heavy (non-hydrogen) atoms. The maximum absolute atomic E-state index is 12.9. The van der Waals surface area contributed by atoms with Crippen LogP contribution in [-0.4, -0.2) is 15.6 Å². The minimum atomic E-state index is -0.203. The molecule has 1 heterocycles. The van der Waals surface area contributed by atoms with Crippen molar-refractivity contribution in [1.82, 2.24) is 9.78 Å². The zero-order valence-electron chi connectivity index (χ0n) is 17.0. The van der Waals surface area contributed by atoms with Gasteiger partial charge in [-0.3, -0.25) is 9.48 Å². The van der Waals surface area contributed by atoms with Gasteiger partial charge in [-0.15, -0.1) is 0 Å². The molecular weight excluding hydrogens is 356 g/mol. The Hall–Kier alpha value is -2.94. The third kappa shape index (κ3) is 2.88. The number of aromatic nitrogens is 2. The third-order valence-corrected chi connectivity index (χ3v) is 6.92. The number of carbonyl (C=O) groups is 1. The van der Waals surface area contributed by atoms with Gasteiger partial charge in [-0.05, 0) is 36.8 Å². The van der Waals surface area contributed by atoms with E-state index >= 15 is 0 Å². The van der Waals surface area contributed by atoms with Gasteiger partial charge in [-0.2, -0.15) is 5.10 Å². The monoisotopic (exact) mass is 382 g/mol. The first-order valence-electron chi connectivity index (χ1n) is 10.5. The lowest BCUT2D eigenvalue weighted by atomic mass is 9.58. The summed E-state index contributed by atoms with van der Waals surface area (Å²) in [7, 11) is 2.04. The highest BCUT2D eigenvalue weighted by atomic mass is 16.1. The van der Waals surface area contributed by atoms with E-state index in [1.807, 2.05) is 29.9 Å². The normalized spacial score (nSPS) is 25.5. The number of allylic oxidation sites excluding steroid dienone is 2. The first-order chi connectivity index (χ1) is 14.1. The average Bonchev–Trinajstić information content (AvgIpc) is 3.09. The van der Waals surface area contributed by atoms with Crippen molar-refractivity contribution in [3.05, 3.63) is 89.6 Å². The summed E-state index contributed by atoms with van der Waals surface area (Å²) in [6.07, 6.45) is 6.73. The number of benzene rings is 2. The lowest BCUT2D eigenvalue weighted by Gasteiger charge is -2.44. The zero-order valence-corrected chi connectivity index (χ0v) is 17.0. The molecule has 2 aliphatic rings. The minimum Gasteiger partial charge on any atom is -0.295 e. The van der Waals surface area contributed by atoms with E-state index in [1.54, 1.807) is 0 Å². The molecule has 2 aromatic carbocycles. The Bertz CT molecular complexity index is 1080. The van der Waals surface area contributed by atoms with E-state index in [9.17, 15) is 4.79 Å². The van der Waals surface area contributed by atoms with Crippen LogP contribution in [0.3, 0.4) is 0 Å². The van der Waals surface area contributed by atoms with Crippen LogP contribution in [0.25, 0.3) is 11.3 Å². The highest BCUT2D eigenvalue weighted by molar-refractivity contribution is 5.94. The molecule has 3 aromatic rings. The van der Waals surface area contributed by atoms with Crippen molar-refractivity contribution < 1.29 is 4.79 Å². The predicted molar refractivity (Wildman–Crippen MR) is 116 cm³/mol. The van der Waals surface area contributed by atoms with Crippen molar-refractivity contribution in [2.75, 3.05) is 0 Å². The molecule has 3 heteroatoms. The fourth-order valence-electron chi connectivity index (χ4n) is 5.48. The van der Waals surface area contributed by atoms with Crippen LogP contribution in [0.1, 0.15) is 30.2 Å². The van der Waals surface area contributed by atoms with Gasteiger partial charge in [-0.25, -0.2) is 0 Å². The number of rotatable bonds is 3. The van der Waals surface area contributed by atoms with Crippen molar-refractivity contribution in [2.24, 2.45) is 18.9 Å². The van der Waals surface area contributed by atoms with Gasteiger partial charge in [0.15, 0.2) is 5.78 Å². The summed E-state index contributed by atoms with van der Waals surface area (Å²) in [4.78, 5) is 12.9. The van der Waals surface area contributed by atoms with E-state index < -0.39 is 0 Å². The molecule has 0 N–H and O–H groups in total. The summed E-state index contributed by atoms with van der Waals surface area (Å²) >= 11 is 0.